The van der Waals surface area contributed by atoms with Crippen LogP contribution in [0.4, 0.5) is 10.1 Å². The highest BCUT2D eigenvalue weighted by atomic mass is 19.1. The highest BCUT2D eigenvalue weighted by Crippen LogP contribution is 2.18. The normalized spacial score (nSPS) is 9.67. The predicted octanol–water partition coefficient (Wildman–Crippen LogP) is 2.73. The van der Waals surface area contributed by atoms with E-state index >= 15 is 0 Å². The van der Waals surface area contributed by atoms with Crippen molar-refractivity contribution in [2.45, 2.75) is 6.92 Å². The summed E-state index contributed by atoms with van der Waals surface area (Å²) in [5, 5.41) is 11.4. The van der Waals surface area contributed by atoms with E-state index in [4.69, 9.17) is 5.11 Å². The average Bonchev–Trinajstić information content (AvgIpc) is 2.47. The molecule has 0 aliphatic carbocycles. The van der Waals surface area contributed by atoms with E-state index in [0.29, 0.717) is 11.3 Å². The average molecular weight is 283 g/mol. The van der Waals surface area contributed by atoms with Gasteiger partial charge in [0, 0.05) is 5.56 Å². The van der Waals surface area contributed by atoms with Crippen LogP contribution >= 0.6 is 0 Å². The Labute approximate surface area is 122 Å². The summed E-state index contributed by atoms with van der Waals surface area (Å²) in [7, 11) is 0. The van der Waals surface area contributed by atoms with Crippen LogP contribution in [-0.4, -0.2) is 17.6 Å². The van der Waals surface area contributed by atoms with E-state index < -0.39 is 11.7 Å². The molecule has 2 aromatic carbocycles. The van der Waals surface area contributed by atoms with E-state index in [9.17, 15) is 9.18 Å². The fourth-order valence-corrected chi connectivity index (χ4v) is 1.84. The third-order valence-corrected chi connectivity index (χ3v) is 2.84. The number of amides is 1. The van der Waals surface area contributed by atoms with Crippen LogP contribution in [0.5, 0.6) is 0 Å². The number of hydrogen-bond acceptors (Lipinski definition) is 2. The first-order chi connectivity index (χ1) is 10.1. The number of hydrogen-bond donors (Lipinski definition) is 2. The molecule has 0 bridgehead atoms. The van der Waals surface area contributed by atoms with Crippen molar-refractivity contribution in [3.63, 3.8) is 0 Å². The van der Waals surface area contributed by atoms with E-state index in [-0.39, 0.29) is 12.2 Å². The molecule has 106 valence electrons. The molecule has 0 heterocycles. The van der Waals surface area contributed by atoms with Crippen molar-refractivity contribution in [3.8, 4) is 11.8 Å². The van der Waals surface area contributed by atoms with Gasteiger partial charge in [0.1, 0.15) is 12.4 Å². The topological polar surface area (TPSA) is 49.3 Å². The Hall–Kier alpha value is -2.64. The van der Waals surface area contributed by atoms with Gasteiger partial charge in [-0.25, -0.2) is 4.39 Å². The molecule has 1 amide bonds. The minimum Gasteiger partial charge on any atom is -0.384 e. The summed E-state index contributed by atoms with van der Waals surface area (Å²) in [5.41, 5.74) is 2.00. The van der Waals surface area contributed by atoms with Crippen LogP contribution in [0, 0.1) is 24.6 Å². The Bertz CT molecular complexity index is 729. The molecule has 4 heteroatoms. The molecule has 21 heavy (non-hydrogen) atoms. The van der Waals surface area contributed by atoms with Gasteiger partial charge in [0.2, 0.25) is 0 Å². The lowest BCUT2D eigenvalue weighted by atomic mass is 10.1. The number of anilines is 1. The zero-order chi connectivity index (χ0) is 15.2. The summed E-state index contributed by atoms with van der Waals surface area (Å²) in [4.78, 5) is 12.1. The minimum atomic E-state index is -0.579. The van der Waals surface area contributed by atoms with E-state index in [1.807, 2.05) is 13.0 Å². The van der Waals surface area contributed by atoms with E-state index in [1.165, 1.54) is 18.2 Å². The summed E-state index contributed by atoms with van der Waals surface area (Å²) in [5.74, 6) is 4.19. The maximum atomic E-state index is 13.6. The molecule has 0 aliphatic heterocycles. The summed E-state index contributed by atoms with van der Waals surface area (Å²) in [6, 6.07) is 11.1. The lowest BCUT2D eigenvalue weighted by Gasteiger charge is -2.09. The van der Waals surface area contributed by atoms with Crippen molar-refractivity contribution in [1.82, 2.24) is 0 Å². The molecule has 0 fully saturated rings. The Morgan fingerprint density at radius 3 is 2.76 bits per heavy atom. The Kier molecular flexibility index (Phi) is 4.70. The second-order valence-electron chi connectivity index (χ2n) is 4.44. The van der Waals surface area contributed by atoms with Crippen molar-refractivity contribution < 1.29 is 14.3 Å². The summed E-state index contributed by atoms with van der Waals surface area (Å²) in [6.45, 7) is 1.63. The third-order valence-electron chi connectivity index (χ3n) is 2.84. The molecule has 0 aliphatic rings. The van der Waals surface area contributed by atoms with Crippen LogP contribution in [0.1, 0.15) is 21.5 Å². The Morgan fingerprint density at radius 1 is 1.29 bits per heavy atom. The van der Waals surface area contributed by atoms with Crippen molar-refractivity contribution in [2.75, 3.05) is 11.9 Å². The first-order valence-corrected chi connectivity index (χ1v) is 6.38. The molecule has 0 spiro atoms. The fourth-order valence-electron chi connectivity index (χ4n) is 1.84. The lowest BCUT2D eigenvalue weighted by molar-refractivity contribution is 0.102. The van der Waals surface area contributed by atoms with Gasteiger partial charge in [0.15, 0.2) is 0 Å². The number of carbonyl (C=O) groups is 1. The van der Waals surface area contributed by atoms with Gasteiger partial charge in [-0.05, 0) is 36.8 Å². The van der Waals surface area contributed by atoms with Crippen LogP contribution in [0.3, 0.4) is 0 Å². The number of aryl methyl sites for hydroxylation is 1. The van der Waals surface area contributed by atoms with Gasteiger partial charge in [-0.2, -0.15) is 0 Å². The summed E-state index contributed by atoms with van der Waals surface area (Å²) in [6.07, 6.45) is 0. The fraction of sp³-hybridized carbons (Fsp3) is 0.118. The number of rotatable bonds is 2. The van der Waals surface area contributed by atoms with Crippen LogP contribution in [0.2, 0.25) is 0 Å². The third kappa shape index (κ3) is 3.68. The molecule has 0 unspecified atom stereocenters. The smallest absolute Gasteiger partial charge is 0.258 e. The molecule has 0 saturated carbocycles. The Balaban J connectivity index is 2.31. The number of benzene rings is 2. The molecular formula is C17H14FNO2. The number of aliphatic hydroxyl groups is 1. The van der Waals surface area contributed by atoms with E-state index in [2.05, 4.69) is 17.2 Å². The van der Waals surface area contributed by atoms with Gasteiger partial charge >= 0.3 is 0 Å². The molecule has 0 atom stereocenters. The van der Waals surface area contributed by atoms with Crippen molar-refractivity contribution >= 4 is 11.6 Å². The zero-order valence-corrected chi connectivity index (χ0v) is 11.5. The summed E-state index contributed by atoms with van der Waals surface area (Å²) >= 11 is 0. The van der Waals surface area contributed by atoms with Crippen LogP contribution in [0.15, 0.2) is 42.5 Å². The van der Waals surface area contributed by atoms with Crippen molar-refractivity contribution in [1.29, 1.82) is 0 Å². The number of carbonyl (C=O) groups excluding carboxylic acids is 1. The van der Waals surface area contributed by atoms with Crippen molar-refractivity contribution in [3.05, 3.63) is 65.0 Å². The molecule has 0 aromatic heterocycles. The second kappa shape index (κ2) is 6.69. The van der Waals surface area contributed by atoms with Gasteiger partial charge in [0.05, 0.1) is 11.3 Å². The number of halogens is 1. The molecule has 2 N–H and O–H groups in total. The quantitative estimate of drug-likeness (QED) is 0.833. The van der Waals surface area contributed by atoms with E-state index in [1.54, 1.807) is 18.2 Å². The minimum absolute atomic E-state index is 0.0286. The molecular weight excluding hydrogens is 269 g/mol. The lowest BCUT2D eigenvalue weighted by Crippen LogP contribution is -2.14. The van der Waals surface area contributed by atoms with Crippen LogP contribution in [-0.2, 0) is 0 Å². The number of aliphatic hydroxyl groups excluding tert-OH is 1. The van der Waals surface area contributed by atoms with Gasteiger partial charge < -0.3 is 10.4 Å². The first kappa shape index (κ1) is 14.8. The Morgan fingerprint density at radius 2 is 2.05 bits per heavy atom. The van der Waals surface area contributed by atoms with Gasteiger partial charge in [-0.15, -0.1) is 0 Å². The summed E-state index contributed by atoms with van der Waals surface area (Å²) < 4.78 is 13.6. The highest BCUT2D eigenvalue weighted by molar-refractivity contribution is 6.05. The molecule has 2 rings (SSSR count). The molecule has 0 radical (unpaired) electrons. The molecule has 3 nitrogen and oxygen atoms in total. The largest absolute Gasteiger partial charge is 0.384 e. The molecule has 0 saturated heterocycles. The maximum Gasteiger partial charge on any atom is 0.258 e. The predicted molar refractivity (Wildman–Crippen MR) is 79.5 cm³/mol. The standard InChI is InChI=1S/C17H14FNO2/c1-12-8-9-16(13(11-12)5-4-10-20)19-17(21)14-6-2-3-7-15(14)18/h2-3,6-9,11,20H,10H2,1H3,(H,19,21). The van der Waals surface area contributed by atoms with Crippen LogP contribution < -0.4 is 5.32 Å². The zero-order valence-electron chi connectivity index (χ0n) is 11.5. The van der Waals surface area contributed by atoms with Crippen molar-refractivity contribution in [2.24, 2.45) is 0 Å². The first-order valence-electron chi connectivity index (χ1n) is 6.38. The van der Waals surface area contributed by atoms with Gasteiger partial charge in [0.25, 0.3) is 5.91 Å². The SMILES string of the molecule is Cc1ccc(NC(=O)c2ccccc2F)c(C#CCO)c1. The number of nitrogens with one attached hydrogen (secondary N) is 1. The molecule has 2 aromatic rings. The van der Waals surface area contributed by atoms with Gasteiger partial charge in [-0.3, -0.25) is 4.79 Å². The van der Waals surface area contributed by atoms with Crippen LogP contribution in [0.25, 0.3) is 0 Å². The maximum absolute atomic E-state index is 13.6. The van der Waals surface area contributed by atoms with E-state index in [0.717, 1.165) is 5.56 Å². The second-order valence-corrected chi connectivity index (χ2v) is 4.44. The monoisotopic (exact) mass is 283 g/mol. The highest BCUT2D eigenvalue weighted by Gasteiger charge is 2.12. The van der Waals surface area contributed by atoms with Gasteiger partial charge in [-0.1, -0.05) is 30.0 Å².